The summed E-state index contributed by atoms with van der Waals surface area (Å²) in [6.07, 6.45) is 6.02. The molecule has 2 bridgehead atoms. The highest BCUT2D eigenvalue weighted by atomic mass is 16.1. The highest BCUT2D eigenvalue weighted by Gasteiger charge is 2.52. The van der Waals surface area contributed by atoms with Crippen LogP contribution in [0.4, 0.5) is 0 Å². The van der Waals surface area contributed by atoms with Crippen LogP contribution < -0.4 is 0 Å². The monoisotopic (exact) mass is 190 g/mol. The van der Waals surface area contributed by atoms with Crippen LogP contribution in [0.25, 0.3) is 0 Å². The molecule has 3 saturated carbocycles. The van der Waals surface area contributed by atoms with E-state index in [0.29, 0.717) is 11.2 Å². The van der Waals surface area contributed by atoms with Crippen molar-refractivity contribution in [1.82, 2.24) is 0 Å². The van der Waals surface area contributed by atoms with E-state index in [1.54, 1.807) is 5.57 Å². The van der Waals surface area contributed by atoms with Crippen LogP contribution in [0.5, 0.6) is 0 Å². The summed E-state index contributed by atoms with van der Waals surface area (Å²) in [7, 11) is 0. The minimum Gasteiger partial charge on any atom is -0.295 e. The third kappa shape index (κ3) is 0.933. The summed E-state index contributed by atoms with van der Waals surface area (Å²) in [4.78, 5) is 11.7. The van der Waals surface area contributed by atoms with E-state index in [9.17, 15) is 4.79 Å². The largest absolute Gasteiger partial charge is 0.295 e. The van der Waals surface area contributed by atoms with Gasteiger partial charge < -0.3 is 0 Å². The molecule has 4 aliphatic rings. The summed E-state index contributed by atoms with van der Waals surface area (Å²) < 4.78 is 0. The third-order valence-corrected chi connectivity index (χ3v) is 4.70. The molecule has 3 fully saturated rings. The number of carbonyl (C=O) groups excluding carboxylic acids is 1. The van der Waals surface area contributed by atoms with Crippen LogP contribution in [-0.4, -0.2) is 5.78 Å². The van der Waals surface area contributed by atoms with Gasteiger partial charge in [-0.25, -0.2) is 0 Å². The van der Waals surface area contributed by atoms with Crippen molar-refractivity contribution in [3.63, 3.8) is 0 Å². The van der Waals surface area contributed by atoms with Gasteiger partial charge in [0.15, 0.2) is 5.78 Å². The average Bonchev–Trinajstić information content (AvgIpc) is 2.09. The second-order valence-electron chi connectivity index (χ2n) is 5.77. The highest BCUT2D eigenvalue weighted by Crippen LogP contribution is 2.62. The molecule has 0 spiro atoms. The first-order valence-corrected chi connectivity index (χ1v) is 5.84. The summed E-state index contributed by atoms with van der Waals surface area (Å²) in [5, 5.41) is 0. The zero-order valence-electron chi connectivity index (χ0n) is 9.10. The Hall–Kier alpha value is -0.590. The van der Waals surface area contributed by atoms with Crippen molar-refractivity contribution in [3.8, 4) is 0 Å². The molecule has 0 amide bonds. The summed E-state index contributed by atoms with van der Waals surface area (Å²) in [6.45, 7) is 4.43. The van der Waals surface area contributed by atoms with Gasteiger partial charge in [-0.1, -0.05) is 12.5 Å². The van der Waals surface area contributed by atoms with Gasteiger partial charge in [0, 0.05) is 6.42 Å². The van der Waals surface area contributed by atoms with Crippen LogP contribution in [-0.2, 0) is 4.79 Å². The second kappa shape index (κ2) is 2.50. The van der Waals surface area contributed by atoms with E-state index < -0.39 is 0 Å². The lowest BCUT2D eigenvalue weighted by Crippen LogP contribution is -2.47. The molecule has 1 atom stereocenters. The van der Waals surface area contributed by atoms with Crippen molar-refractivity contribution in [1.29, 1.82) is 0 Å². The maximum Gasteiger partial charge on any atom is 0.158 e. The summed E-state index contributed by atoms with van der Waals surface area (Å²) in [5.74, 6) is 2.17. The molecule has 0 aromatic carbocycles. The molecule has 0 aromatic rings. The zero-order valence-corrected chi connectivity index (χ0v) is 9.10. The molecule has 1 unspecified atom stereocenters. The van der Waals surface area contributed by atoms with Crippen molar-refractivity contribution in [2.75, 3.05) is 0 Å². The van der Waals surface area contributed by atoms with Gasteiger partial charge in [0.25, 0.3) is 0 Å². The molecular weight excluding hydrogens is 172 g/mol. The molecule has 4 rings (SSSR count). The molecule has 1 heteroatoms. The summed E-state index contributed by atoms with van der Waals surface area (Å²) >= 11 is 0. The molecule has 14 heavy (non-hydrogen) atoms. The smallest absolute Gasteiger partial charge is 0.158 e. The number of rotatable bonds is 0. The van der Waals surface area contributed by atoms with Crippen molar-refractivity contribution in [2.24, 2.45) is 17.3 Å². The number of hydrogen-bond acceptors (Lipinski definition) is 1. The lowest BCUT2D eigenvalue weighted by Gasteiger charge is -2.57. The van der Waals surface area contributed by atoms with Gasteiger partial charge in [0.05, 0.1) is 0 Å². The Morgan fingerprint density at radius 2 is 2.07 bits per heavy atom. The van der Waals surface area contributed by atoms with Gasteiger partial charge in [-0.15, -0.1) is 0 Å². The zero-order chi connectivity index (χ0) is 9.92. The maximum atomic E-state index is 11.7. The van der Waals surface area contributed by atoms with Gasteiger partial charge in [0.2, 0.25) is 0 Å². The van der Waals surface area contributed by atoms with E-state index in [0.717, 1.165) is 30.3 Å². The average molecular weight is 190 g/mol. The molecule has 0 saturated heterocycles. The first kappa shape index (κ1) is 8.70. The Morgan fingerprint density at radius 1 is 1.36 bits per heavy atom. The Morgan fingerprint density at radius 3 is 2.79 bits per heavy atom. The van der Waals surface area contributed by atoms with Gasteiger partial charge in [-0.2, -0.15) is 0 Å². The third-order valence-electron chi connectivity index (χ3n) is 4.70. The lowest BCUT2D eigenvalue weighted by atomic mass is 9.47. The van der Waals surface area contributed by atoms with Crippen molar-refractivity contribution >= 4 is 5.78 Å². The van der Waals surface area contributed by atoms with Crippen LogP contribution >= 0.6 is 0 Å². The molecule has 1 nitrogen and oxygen atoms in total. The first-order valence-electron chi connectivity index (χ1n) is 5.84. The predicted octanol–water partition coefficient (Wildman–Crippen LogP) is 3.10. The van der Waals surface area contributed by atoms with E-state index in [1.165, 1.54) is 19.3 Å². The number of carbonyl (C=O) groups is 1. The molecule has 76 valence electrons. The van der Waals surface area contributed by atoms with Crippen LogP contribution in [0.15, 0.2) is 11.1 Å². The lowest BCUT2D eigenvalue weighted by molar-refractivity contribution is -0.117. The topological polar surface area (TPSA) is 17.1 Å². The normalized spacial score (nSPS) is 46.0. The Kier molecular flexibility index (Phi) is 1.55. The quantitative estimate of drug-likeness (QED) is 0.573. The van der Waals surface area contributed by atoms with Gasteiger partial charge in [-0.3, -0.25) is 4.79 Å². The second-order valence-corrected chi connectivity index (χ2v) is 5.77. The maximum absolute atomic E-state index is 11.7. The minimum atomic E-state index is 0.419. The molecule has 4 aliphatic carbocycles. The van der Waals surface area contributed by atoms with Crippen molar-refractivity contribution < 1.29 is 4.79 Å². The summed E-state index contributed by atoms with van der Waals surface area (Å²) in [5.41, 5.74) is 3.10. The van der Waals surface area contributed by atoms with Crippen LogP contribution in [0, 0.1) is 17.3 Å². The van der Waals surface area contributed by atoms with E-state index in [-0.39, 0.29) is 0 Å². The molecule has 0 radical (unpaired) electrons. The predicted molar refractivity (Wildman–Crippen MR) is 55.9 cm³/mol. The number of allylic oxidation sites excluding steroid dienone is 2. The van der Waals surface area contributed by atoms with Gasteiger partial charge in [-0.05, 0) is 55.4 Å². The van der Waals surface area contributed by atoms with E-state index in [2.05, 4.69) is 13.8 Å². The fourth-order valence-electron chi connectivity index (χ4n) is 4.28. The Labute approximate surface area is 85.6 Å². The van der Waals surface area contributed by atoms with Crippen LogP contribution in [0.2, 0.25) is 0 Å². The van der Waals surface area contributed by atoms with Crippen molar-refractivity contribution in [2.45, 2.75) is 46.0 Å². The number of hydrogen-bond donors (Lipinski definition) is 0. The number of ketones is 1. The Bertz CT molecular complexity index is 331. The molecule has 0 aromatic heterocycles. The van der Waals surface area contributed by atoms with Crippen LogP contribution in [0.3, 0.4) is 0 Å². The first-order chi connectivity index (χ1) is 6.60. The van der Waals surface area contributed by atoms with Gasteiger partial charge in [0.1, 0.15) is 0 Å². The fourth-order valence-corrected chi connectivity index (χ4v) is 4.28. The fraction of sp³-hybridized carbons (Fsp3) is 0.769. The Balaban J connectivity index is 2.08. The van der Waals surface area contributed by atoms with Gasteiger partial charge >= 0.3 is 0 Å². The molecular formula is C13H18O. The van der Waals surface area contributed by atoms with E-state index in [1.807, 2.05) is 0 Å². The molecule has 0 aliphatic heterocycles. The summed E-state index contributed by atoms with van der Waals surface area (Å²) in [6, 6.07) is 0. The SMILES string of the molecule is CC1=C2C(CCC1=O)CC1CC2(C)C1. The number of Topliss-reactive ketones (excluding diaryl/α,β-unsaturated/α-hetero) is 1. The van der Waals surface area contributed by atoms with E-state index in [4.69, 9.17) is 0 Å². The highest BCUT2D eigenvalue weighted by molar-refractivity contribution is 5.96. The molecule has 0 N–H and O–H groups in total. The van der Waals surface area contributed by atoms with Crippen LogP contribution in [0.1, 0.15) is 46.0 Å². The van der Waals surface area contributed by atoms with E-state index >= 15 is 0 Å². The molecule has 0 heterocycles. The van der Waals surface area contributed by atoms with Crippen molar-refractivity contribution in [3.05, 3.63) is 11.1 Å². The standard InChI is InChI=1S/C13H18O/c1-8-11(14)4-3-10-5-9-6-13(2,7-9)12(8)10/h9-10H,3-7H2,1-2H3. The minimum absolute atomic E-state index is 0.419.